The quantitative estimate of drug-likeness (QED) is 0.0773. The van der Waals surface area contributed by atoms with E-state index >= 15 is 0 Å². The molecule has 244 valence electrons. The second-order valence-electron chi connectivity index (χ2n) is 11.2. The number of nitro benzene ring substituents is 1. The lowest BCUT2D eigenvalue weighted by molar-refractivity contribution is -0.384. The largest absolute Gasteiger partial charge is 0.416 e. The van der Waals surface area contributed by atoms with Gasteiger partial charge >= 0.3 is 6.18 Å². The minimum Gasteiger partial charge on any atom is -0.333 e. The minimum atomic E-state index is -4.65. The van der Waals surface area contributed by atoms with E-state index in [1.807, 2.05) is 12.1 Å². The highest BCUT2D eigenvalue weighted by Gasteiger charge is 2.37. The molecule has 0 saturated heterocycles. The molecule has 1 aromatic heterocycles. The predicted octanol–water partition coefficient (Wildman–Crippen LogP) is 6.30. The average Bonchev–Trinajstić information content (AvgIpc) is 3.45. The standard InChI is InChI=1S/C33H32F3N7O3S/c1-21(2)30(29(44)15-27-17-39-20-41(27)18-23-9-7-22(16-37)8-10-23)31(38)42(19-24-5-3-4-6-28(24)33(34,35)36)32(47)40-25-11-13-26(14-12-25)43(45)46/h3-14,17,20-21,30-31H,15,18-19,38H2,1-2H3,(H,40,47)/t30-,31?/m1/s1. The lowest BCUT2D eigenvalue weighted by Gasteiger charge is -2.38. The van der Waals surface area contributed by atoms with Crippen LogP contribution >= 0.6 is 12.2 Å². The molecule has 0 aliphatic carbocycles. The van der Waals surface area contributed by atoms with E-state index in [1.165, 1.54) is 47.4 Å². The van der Waals surface area contributed by atoms with Crippen LogP contribution in [0.1, 0.15) is 41.8 Å². The highest BCUT2D eigenvalue weighted by atomic mass is 32.1. The average molecular weight is 664 g/mol. The lowest BCUT2D eigenvalue weighted by atomic mass is 9.86. The molecule has 47 heavy (non-hydrogen) atoms. The van der Waals surface area contributed by atoms with Gasteiger partial charge in [-0.05, 0) is 59.6 Å². The number of hydrogen-bond donors (Lipinski definition) is 2. The van der Waals surface area contributed by atoms with Gasteiger partial charge in [-0.2, -0.15) is 18.4 Å². The Morgan fingerprint density at radius 1 is 1.13 bits per heavy atom. The van der Waals surface area contributed by atoms with Crippen LogP contribution in [0.25, 0.3) is 0 Å². The maximum absolute atomic E-state index is 14.0. The van der Waals surface area contributed by atoms with E-state index in [9.17, 15) is 28.1 Å². The number of Topliss-reactive ketones (excluding diaryl/α,β-unsaturated/α-hetero) is 1. The molecule has 14 heteroatoms. The molecule has 0 fully saturated rings. The van der Waals surface area contributed by atoms with Gasteiger partial charge in [-0.15, -0.1) is 0 Å². The van der Waals surface area contributed by atoms with E-state index in [-0.39, 0.29) is 41.0 Å². The van der Waals surface area contributed by atoms with Crippen molar-refractivity contribution in [1.29, 1.82) is 5.26 Å². The van der Waals surface area contributed by atoms with Crippen LogP contribution in [-0.2, 0) is 30.5 Å². The molecule has 0 radical (unpaired) electrons. The number of imidazole rings is 1. The van der Waals surface area contributed by atoms with Crippen molar-refractivity contribution in [2.24, 2.45) is 17.6 Å². The summed E-state index contributed by atoms with van der Waals surface area (Å²) in [5, 5.41) is 23.0. The number of carbonyl (C=O) groups is 1. The Bertz CT molecular complexity index is 1770. The minimum absolute atomic E-state index is 0.0532. The number of anilines is 1. The topological polar surface area (TPSA) is 143 Å². The molecule has 10 nitrogen and oxygen atoms in total. The van der Waals surface area contributed by atoms with Crippen molar-refractivity contribution in [3.8, 4) is 6.07 Å². The first-order valence-corrected chi connectivity index (χ1v) is 14.9. The third-order valence-corrected chi connectivity index (χ3v) is 8.00. The molecule has 0 saturated carbocycles. The number of thiocarbonyl (C=S) groups is 1. The number of nitrogens with two attached hydrogens (primary N) is 1. The normalized spacial score (nSPS) is 12.6. The number of benzene rings is 3. The first-order valence-electron chi connectivity index (χ1n) is 14.5. The second-order valence-corrected chi connectivity index (χ2v) is 11.6. The summed E-state index contributed by atoms with van der Waals surface area (Å²) in [5.74, 6) is -1.47. The van der Waals surface area contributed by atoms with Gasteiger partial charge in [0, 0.05) is 49.2 Å². The summed E-state index contributed by atoms with van der Waals surface area (Å²) in [6.45, 7) is 3.62. The molecule has 4 aromatic rings. The van der Waals surface area contributed by atoms with Crippen LogP contribution < -0.4 is 11.1 Å². The zero-order valence-corrected chi connectivity index (χ0v) is 26.3. The van der Waals surface area contributed by atoms with Gasteiger partial charge in [0.05, 0.1) is 40.5 Å². The van der Waals surface area contributed by atoms with Gasteiger partial charge in [0.25, 0.3) is 5.69 Å². The van der Waals surface area contributed by atoms with Crippen molar-refractivity contribution >= 4 is 34.5 Å². The van der Waals surface area contributed by atoms with Crippen LogP contribution in [0.4, 0.5) is 24.5 Å². The van der Waals surface area contributed by atoms with Crippen molar-refractivity contribution in [3.05, 3.63) is 123 Å². The Hall–Kier alpha value is -5.13. The van der Waals surface area contributed by atoms with E-state index in [0.717, 1.165) is 11.6 Å². The third-order valence-electron chi connectivity index (χ3n) is 7.66. The van der Waals surface area contributed by atoms with Gasteiger partial charge in [0.1, 0.15) is 5.78 Å². The molecule has 3 N–H and O–H groups in total. The fourth-order valence-electron chi connectivity index (χ4n) is 5.26. The number of ketones is 1. The van der Waals surface area contributed by atoms with Crippen LogP contribution in [0.3, 0.4) is 0 Å². The van der Waals surface area contributed by atoms with E-state index in [0.29, 0.717) is 23.5 Å². The summed E-state index contributed by atoms with van der Waals surface area (Å²) in [7, 11) is 0. The monoisotopic (exact) mass is 663 g/mol. The zero-order valence-electron chi connectivity index (χ0n) is 25.5. The van der Waals surface area contributed by atoms with Gasteiger partial charge in [-0.25, -0.2) is 4.98 Å². The fourth-order valence-corrected chi connectivity index (χ4v) is 5.56. The van der Waals surface area contributed by atoms with Crippen LogP contribution in [0, 0.1) is 33.3 Å². The molecular weight excluding hydrogens is 631 g/mol. The number of aromatic nitrogens is 2. The molecule has 3 aromatic carbocycles. The first-order chi connectivity index (χ1) is 22.3. The third kappa shape index (κ3) is 8.78. The Labute approximate surface area is 274 Å². The van der Waals surface area contributed by atoms with Crippen LogP contribution in [0.2, 0.25) is 0 Å². The number of non-ortho nitro benzene ring substituents is 1. The predicted molar refractivity (Wildman–Crippen MR) is 174 cm³/mol. The summed E-state index contributed by atoms with van der Waals surface area (Å²) >= 11 is 5.65. The number of hydrogen-bond acceptors (Lipinski definition) is 7. The number of carbonyl (C=O) groups excluding carboxylic acids is 1. The summed E-state index contributed by atoms with van der Waals surface area (Å²) in [6.07, 6.45) is -2.70. The molecule has 0 aliphatic heterocycles. The van der Waals surface area contributed by atoms with Crippen molar-refractivity contribution in [2.45, 2.75) is 45.7 Å². The molecule has 2 atom stereocenters. The Balaban J connectivity index is 1.63. The van der Waals surface area contributed by atoms with Gasteiger partial charge in [0.2, 0.25) is 0 Å². The number of nitro groups is 1. The second kappa shape index (κ2) is 15.0. The van der Waals surface area contributed by atoms with Gasteiger partial charge < -0.3 is 20.5 Å². The van der Waals surface area contributed by atoms with Gasteiger partial charge in [0.15, 0.2) is 5.11 Å². The summed E-state index contributed by atoms with van der Waals surface area (Å²) in [5.41, 5.74) is 8.02. The van der Waals surface area contributed by atoms with E-state index < -0.39 is 28.7 Å². The van der Waals surface area contributed by atoms with Crippen molar-refractivity contribution < 1.29 is 22.9 Å². The number of nitrogens with zero attached hydrogens (tertiary/aromatic N) is 5. The fraction of sp³-hybridized carbons (Fsp3) is 0.273. The van der Waals surface area contributed by atoms with Crippen LogP contribution in [0.5, 0.6) is 0 Å². The smallest absolute Gasteiger partial charge is 0.333 e. The number of rotatable bonds is 12. The number of alkyl halides is 3. The maximum Gasteiger partial charge on any atom is 0.416 e. The number of nitrogens with one attached hydrogen (secondary N) is 1. The molecule has 0 amide bonds. The van der Waals surface area contributed by atoms with E-state index in [1.54, 1.807) is 43.1 Å². The Morgan fingerprint density at radius 2 is 1.79 bits per heavy atom. The Morgan fingerprint density at radius 3 is 2.38 bits per heavy atom. The molecule has 0 bridgehead atoms. The Kier molecular flexibility index (Phi) is 11.1. The highest BCUT2D eigenvalue weighted by molar-refractivity contribution is 7.80. The van der Waals surface area contributed by atoms with Gasteiger partial charge in [-0.1, -0.05) is 44.2 Å². The van der Waals surface area contributed by atoms with Crippen molar-refractivity contribution in [3.63, 3.8) is 0 Å². The van der Waals surface area contributed by atoms with Crippen LogP contribution in [0.15, 0.2) is 85.3 Å². The SMILES string of the molecule is CC(C)[C@H](C(=O)Cc1cncn1Cc1ccc(C#N)cc1)C(N)N(Cc1ccccc1C(F)(F)F)C(=S)Nc1ccc([N+](=O)[O-])cc1. The number of nitriles is 1. The van der Waals surface area contributed by atoms with Gasteiger partial charge in [-0.3, -0.25) is 14.9 Å². The molecular formula is C33H32F3N7O3S. The molecule has 1 unspecified atom stereocenters. The van der Waals surface area contributed by atoms with Crippen LogP contribution in [-0.4, -0.2) is 36.4 Å². The summed E-state index contributed by atoms with van der Waals surface area (Å²) in [4.78, 5) is 30.0. The molecule has 1 heterocycles. The first kappa shape index (κ1) is 34.7. The zero-order chi connectivity index (χ0) is 34.3. The highest BCUT2D eigenvalue weighted by Crippen LogP contribution is 2.33. The van der Waals surface area contributed by atoms with Crippen molar-refractivity contribution in [2.75, 3.05) is 5.32 Å². The van der Waals surface area contributed by atoms with E-state index in [4.69, 9.17) is 23.2 Å². The lowest BCUT2D eigenvalue weighted by Crippen LogP contribution is -2.55. The van der Waals surface area contributed by atoms with E-state index in [2.05, 4.69) is 16.4 Å². The van der Waals surface area contributed by atoms with Crippen molar-refractivity contribution in [1.82, 2.24) is 14.5 Å². The maximum atomic E-state index is 14.0. The molecule has 0 spiro atoms. The summed E-state index contributed by atoms with van der Waals surface area (Å²) in [6, 6.07) is 19.5. The molecule has 4 rings (SSSR count). The summed E-state index contributed by atoms with van der Waals surface area (Å²) < 4.78 is 43.7. The molecule has 0 aliphatic rings. The number of halogens is 3.